The van der Waals surface area contributed by atoms with Gasteiger partial charge in [-0.2, -0.15) is 0 Å². The van der Waals surface area contributed by atoms with Gasteiger partial charge < -0.3 is 9.90 Å². The Balaban J connectivity index is 2.06. The first-order valence-corrected chi connectivity index (χ1v) is 11.8. The van der Waals surface area contributed by atoms with Gasteiger partial charge in [-0.15, -0.1) is 0 Å². The van der Waals surface area contributed by atoms with Crippen molar-refractivity contribution in [1.29, 1.82) is 0 Å². The maximum Gasteiger partial charge on any atom is 0.209 e. The topological polar surface area (TPSA) is 78.5 Å². The Kier molecular flexibility index (Phi) is 13.6. The van der Waals surface area contributed by atoms with E-state index in [1.54, 1.807) is 12.4 Å². The highest BCUT2D eigenvalue weighted by Crippen LogP contribution is 2.23. The summed E-state index contributed by atoms with van der Waals surface area (Å²) < 4.78 is 0.0981. The molecular weight excluding hydrogens is 362 g/mol. The summed E-state index contributed by atoms with van der Waals surface area (Å²) in [5.41, 5.74) is 6.07. The van der Waals surface area contributed by atoms with Crippen LogP contribution in [0.15, 0.2) is 29.5 Å². The molecule has 0 radical (unpaired) electrons. The number of nitrogens with two attached hydrogens (primary N) is 1. The Morgan fingerprint density at radius 2 is 1.59 bits per heavy atom. The minimum Gasteiger partial charge on any atom is -0.544 e. The lowest BCUT2D eigenvalue weighted by Gasteiger charge is -2.36. The molecule has 0 saturated carbocycles. The average molecular weight is 406 g/mol. The van der Waals surface area contributed by atoms with E-state index >= 15 is 0 Å². The molecule has 0 aromatic heterocycles. The number of rotatable bonds is 18. The van der Waals surface area contributed by atoms with E-state index in [1.165, 1.54) is 57.8 Å². The molecule has 0 spiro atoms. The van der Waals surface area contributed by atoms with Crippen LogP contribution in [0.3, 0.4) is 0 Å². The van der Waals surface area contributed by atoms with Gasteiger partial charge in [0.25, 0.3) is 0 Å². The molecule has 0 fully saturated rings. The second-order valence-corrected chi connectivity index (χ2v) is 8.38. The number of quaternary nitrogens is 1. The number of hydrogen-bond donors (Lipinski definition) is 1. The van der Waals surface area contributed by atoms with Crippen LogP contribution in [0.1, 0.15) is 104 Å². The summed E-state index contributed by atoms with van der Waals surface area (Å²) >= 11 is 0. The fraction of sp³-hybridized carbons (Fsp3) is 0.750. The fourth-order valence-corrected chi connectivity index (χ4v) is 3.93. The lowest BCUT2D eigenvalue weighted by molar-refractivity contribution is -0.808. The second kappa shape index (κ2) is 15.4. The molecule has 5 nitrogen and oxygen atoms in total. The van der Waals surface area contributed by atoms with Crippen molar-refractivity contribution in [3.63, 3.8) is 0 Å². The number of carbonyl (C=O) groups excluding carboxylic acids is 1. The highest BCUT2D eigenvalue weighted by molar-refractivity contribution is 5.81. The Hall–Kier alpha value is -1.46. The molecule has 5 heteroatoms. The van der Waals surface area contributed by atoms with Crippen LogP contribution in [-0.2, 0) is 4.79 Å². The lowest BCUT2D eigenvalue weighted by atomic mass is 10.1. The number of nitrogens with zero attached hydrogens (tertiary/aromatic N) is 2. The van der Waals surface area contributed by atoms with Crippen molar-refractivity contribution in [2.24, 2.45) is 10.7 Å². The number of amidine groups is 1. The third-order valence-electron chi connectivity index (χ3n) is 5.82. The maximum atomic E-state index is 11.1. The largest absolute Gasteiger partial charge is 0.544 e. The van der Waals surface area contributed by atoms with E-state index in [-0.39, 0.29) is 17.2 Å². The van der Waals surface area contributed by atoms with Gasteiger partial charge in [0.05, 0.1) is 12.2 Å². The molecule has 0 bridgehead atoms. The van der Waals surface area contributed by atoms with E-state index in [0.717, 1.165) is 37.9 Å². The molecule has 0 amide bonds. The minimum absolute atomic E-state index is 0.0981. The number of aliphatic carboxylic acids is 1. The zero-order valence-corrected chi connectivity index (χ0v) is 18.8. The molecule has 1 rings (SSSR count). The fourth-order valence-electron chi connectivity index (χ4n) is 3.93. The van der Waals surface area contributed by atoms with Crippen LogP contribution in [0, 0.1) is 0 Å². The number of carboxylic acid groups (broad SMARTS) is 1. The Bertz CT molecular complexity index is 540. The number of unbranched alkanes of at least 4 members (excludes halogenated alkanes) is 11. The second-order valence-electron chi connectivity index (χ2n) is 8.38. The molecule has 1 aliphatic heterocycles. The number of aliphatic imine (C=N–C) groups is 1. The molecule has 1 aliphatic rings. The molecule has 0 aliphatic carbocycles. The summed E-state index contributed by atoms with van der Waals surface area (Å²) in [6, 6.07) is 0. The van der Waals surface area contributed by atoms with Gasteiger partial charge >= 0.3 is 0 Å². The van der Waals surface area contributed by atoms with Crippen molar-refractivity contribution in [3.8, 4) is 0 Å². The first kappa shape index (κ1) is 25.6. The molecule has 0 aromatic carbocycles. The smallest absolute Gasteiger partial charge is 0.209 e. The predicted molar refractivity (Wildman–Crippen MR) is 120 cm³/mol. The normalized spacial score (nSPS) is 19.8. The quantitative estimate of drug-likeness (QED) is 0.202. The van der Waals surface area contributed by atoms with Crippen LogP contribution in [0.4, 0.5) is 0 Å². The summed E-state index contributed by atoms with van der Waals surface area (Å²) in [5.74, 6) is -0.252. The van der Waals surface area contributed by atoms with Crippen LogP contribution < -0.4 is 10.8 Å². The van der Waals surface area contributed by atoms with Gasteiger partial charge in [0.2, 0.25) is 5.84 Å². The van der Waals surface area contributed by atoms with E-state index in [0.29, 0.717) is 0 Å². The SMILES string of the molecule is CCCCCCCCCC/C=C/CCCCCC1=NC=C[N+]1(CC(=O)[O-])C(C)N. The highest BCUT2D eigenvalue weighted by atomic mass is 16.4. The van der Waals surface area contributed by atoms with E-state index in [9.17, 15) is 9.90 Å². The van der Waals surface area contributed by atoms with Crippen LogP contribution in [0.2, 0.25) is 0 Å². The van der Waals surface area contributed by atoms with Gasteiger partial charge in [-0.1, -0.05) is 70.4 Å². The summed E-state index contributed by atoms with van der Waals surface area (Å²) in [7, 11) is 0. The van der Waals surface area contributed by atoms with E-state index < -0.39 is 5.97 Å². The summed E-state index contributed by atoms with van der Waals surface area (Å²) in [6.45, 7) is 3.94. The number of allylic oxidation sites excluding steroid dienone is 2. The third-order valence-corrected chi connectivity index (χ3v) is 5.82. The molecule has 0 aromatic rings. The van der Waals surface area contributed by atoms with Crippen LogP contribution in [0.5, 0.6) is 0 Å². The van der Waals surface area contributed by atoms with Crippen molar-refractivity contribution in [3.05, 3.63) is 24.6 Å². The van der Waals surface area contributed by atoms with Crippen molar-refractivity contribution in [1.82, 2.24) is 0 Å². The summed E-state index contributed by atoms with van der Waals surface area (Å²) in [5, 5.41) is 11.1. The van der Waals surface area contributed by atoms with Gasteiger partial charge in [-0.05, 0) is 32.1 Å². The van der Waals surface area contributed by atoms with Gasteiger partial charge in [-0.3, -0.25) is 5.73 Å². The molecule has 166 valence electrons. The molecule has 2 atom stereocenters. The zero-order valence-electron chi connectivity index (χ0n) is 18.8. The Morgan fingerprint density at radius 1 is 1.03 bits per heavy atom. The summed E-state index contributed by atoms with van der Waals surface area (Å²) in [6.07, 6.45) is 25.1. The van der Waals surface area contributed by atoms with Crippen molar-refractivity contribution < 1.29 is 14.4 Å². The predicted octanol–water partition coefficient (Wildman–Crippen LogP) is 4.78. The first-order valence-electron chi connectivity index (χ1n) is 11.8. The number of hydrogen-bond acceptors (Lipinski definition) is 4. The van der Waals surface area contributed by atoms with Gasteiger partial charge in [0, 0.05) is 13.3 Å². The van der Waals surface area contributed by atoms with E-state index in [1.807, 2.05) is 6.92 Å². The monoisotopic (exact) mass is 405 g/mol. The molecule has 29 heavy (non-hydrogen) atoms. The number of carboxylic acids is 1. The van der Waals surface area contributed by atoms with Crippen molar-refractivity contribution >= 4 is 11.8 Å². The first-order chi connectivity index (χ1) is 14.0. The highest BCUT2D eigenvalue weighted by Gasteiger charge is 2.38. The van der Waals surface area contributed by atoms with Crippen LogP contribution in [-0.4, -0.2) is 29.0 Å². The summed E-state index contributed by atoms with van der Waals surface area (Å²) in [4.78, 5) is 15.5. The van der Waals surface area contributed by atoms with Crippen LogP contribution >= 0.6 is 0 Å². The van der Waals surface area contributed by atoms with Crippen LogP contribution in [0.25, 0.3) is 0 Å². The van der Waals surface area contributed by atoms with Gasteiger partial charge in [0.15, 0.2) is 0 Å². The standard InChI is InChI=1S/C24H43N3O2/c1-3-4-5-6-7-8-9-10-11-12-13-14-15-16-17-18-23-26-19-20-27(23,22(2)25)21-24(28)29/h12-13,19-20,22H,3-11,14-18,21,25H2,1-2H3/b13-12+. The van der Waals surface area contributed by atoms with E-state index in [4.69, 9.17) is 5.73 Å². The molecule has 2 unspecified atom stereocenters. The minimum atomic E-state index is -1.09. The molecule has 1 heterocycles. The van der Waals surface area contributed by atoms with Gasteiger partial charge in [0.1, 0.15) is 18.9 Å². The Morgan fingerprint density at radius 3 is 2.14 bits per heavy atom. The molecular formula is C24H43N3O2. The lowest BCUT2D eigenvalue weighted by Crippen LogP contribution is -2.60. The van der Waals surface area contributed by atoms with Crippen molar-refractivity contribution in [2.45, 2.75) is 110 Å². The molecule has 2 N–H and O–H groups in total. The van der Waals surface area contributed by atoms with Gasteiger partial charge in [-0.25, -0.2) is 9.48 Å². The third kappa shape index (κ3) is 10.2. The number of carbonyl (C=O) groups is 1. The zero-order chi connectivity index (χ0) is 21.4. The van der Waals surface area contributed by atoms with Crippen molar-refractivity contribution in [2.75, 3.05) is 6.54 Å². The molecule has 0 saturated heterocycles. The average Bonchev–Trinajstić information content (AvgIpc) is 3.08. The maximum absolute atomic E-state index is 11.1. The van der Waals surface area contributed by atoms with E-state index in [2.05, 4.69) is 24.1 Å². The Labute approximate surface area is 178 Å².